The van der Waals surface area contributed by atoms with E-state index in [0.29, 0.717) is 10.8 Å². The van der Waals surface area contributed by atoms with Gasteiger partial charge in [-0.2, -0.15) is 0 Å². The second kappa shape index (κ2) is 9.69. The zero-order valence-corrected chi connectivity index (χ0v) is 17.8. The molecule has 3 rings (SSSR count). The number of rotatable bonds is 7. The standard InChI is InChI=1S/C21H18ClFN2O4S/c1-25(10-15-16(22)4-3-5-17(15)23)19(26)11-29-21(27)18-12-30-20(24-18)13-6-8-14(28-2)9-7-13/h3-9,12H,10-11H2,1-2H3. The highest BCUT2D eigenvalue weighted by Gasteiger charge is 2.18. The molecule has 1 aromatic heterocycles. The number of carbonyl (C=O) groups excluding carboxylic acids is 2. The van der Waals surface area contributed by atoms with E-state index in [1.165, 1.54) is 35.4 Å². The molecule has 3 aromatic rings. The van der Waals surface area contributed by atoms with Crippen molar-refractivity contribution in [3.8, 4) is 16.3 Å². The van der Waals surface area contributed by atoms with Crippen molar-refractivity contribution in [3.63, 3.8) is 0 Å². The minimum Gasteiger partial charge on any atom is -0.497 e. The first-order chi connectivity index (χ1) is 14.4. The number of nitrogens with zero attached hydrogens (tertiary/aromatic N) is 2. The van der Waals surface area contributed by atoms with Crippen LogP contribution in [0.4, 0.5) is 4.39 Å². The average molecular weight is 449 g/mol. The summed E-state index contributed by atoms with van der Waals surface area (Å²) in [5.74, 6) is -0.994. The van der Waals surface area contributed by atoms with Crippen LogP contribution in [0, 0.1) is 5.82 Å². The molecule has 6 nitrogen and oxygen atoms in total. The predicted octanol–water partition coefficient (Wildman–Crippen LogP) is 4.43. The second-order valence-electron chi connectivity index (χ2n) is 6.29. The van der Waals surface area contributed by atoms with Crippen molar-refractivity contribution in [2.75, 3.05) is 20.8 Å². The largest absolute Gasteiger partial charge is 0.497 e. The molecular weight excluding hydrogens is 431 g/mol. The molecule has 0 atom stereocenters. The molecule has 30 heavy (non-hydrogen) atoms. The van der Waals surface area contributed by atoms with Gasteiger partial charge in [-0.1, -0.05) is 17.7 Å². The van der Waals surface area contributed by atoms with Crippen LogP contribution >= 0.6 is 22.9 Å². The maximum atomic E-state index is 13.9. The van der Waals surface area contributed by atoms with Crippen molar-refractivity contribution in [1.29, 1.82) is 0 Å². The van der Waals surface area contributed by atoms with Gasteiger partial charge < -0.3 is 14.4 Å². The van der Waals surface area contributed by atoms with Crippen molar-refractivity contribution < 1.29 is 23.5 Å². The van der Waals surface area contributed by atoms with Crippen LogP contribution in [0.2, 0.25) is 5.02 Å². The third-order valence-corrected chi connectivity index (χ3v) is 5.51. The molecule has 1 amide bonds. The van der Waals surface area contributed by atoms with Crippen LogP contribution in [-0.2, 0) is 16.1 Å². The first-order valence-corrected chi connectivity index (χ1v) is 10.1. The first kappa shape index (κ1) is 21.7. The fourth-order valence-corrected chi connectivity index (χ4v) is 3.57. The quantitative estimate of drug-likeness (QED) is 0.500. The molecule has 0 fully saturated rings. The Hall–Kier alpha value is -2.97. The fourth-order valence-electron chi connectivity index (χ4n) is 2.55. The van der Waals surface area contributed by atoms with Gasteiger partial charge in [0.2, 0.25) is 0 Å². The SMILES string of the molecule is COc1ccc(-c2nc(C(=O)OCC(=O)N(C)Cc3c(F)cccc3Cl)cs2)cc1. The highest BCUT2D eigenvalue weighted by molar-refractivity contribution is 7.13. The number of ether oxygens (including phenoxy) is 2. The summed E-state index contributed by atoms with van der Waals surface area (Å²) in [6.45, 7) is -0.531. The van der Waals surface area contributed by atoms with Crippen LogP contribution in [0.5, 0.6) is 5.75 Å². The number of amides is 1. The van der Waals surface area contributed by atoms with Crippen LogP contribution in [0.15, 0.2) is 47.8 Å². The van der Waals surface area contributed by atoms with E-state index in [1.54, 1.807) is 30.7 Å². The van der Waals surface area contributed by atoms with Gasteiger partial charge in [-0.25, -0.2) is 14.2 Å². The number of thiazole rings is 1. The lowest BCUT2D eigenvalue weighted by Gasteiger charge is -2.18. The van der Waals surface area contributed by atoms with Crippen LogP contribution in [0.3, 0.4) is 0 Å². The van der Waals surface area contributed by atoms with E-state index in [2.05, 4.69) is 4.98 Å². The number of carbonyl (C=O) groups is 2. The minimum absolute atomic E-state index is 0.0415. The fraction of sp³-hybridized carbons (Fsp3) is 0.190. The maximum absolute atomic E-state index is 13.9. The van der Waals surface area contributed by atoms with Crippen LogP contribution in [0.25, 0.3) is 10.6 Å². The molecule has 156 valence electrons. The molecule has 9 heteroatoms. The predicted molar refractivity (Wildman–Crippen MR) is 112 cm³/mol. The number of hydrogen-bond donors (Lipinski definition) is 0. The Morgan fingerprint density at radius 2 is 1.93 bits per heavy atom. The van der Waals surface area contributed by atoms with Crippen molar-refractivity contribution in [2.24, 2.45) is 0 Å². The van der Waals surface area contributed by atoms with Crippen molar-refractivity contribution in [1.82, 2.24) is 9.88 Å². The summed E-state index contributed by atoms with van der Waals surface area (Å²) >= 11 is 7.26. The summed E-state index contributed by atoms with van der Waals surface area (Å²) in [7, 11) is 3.06. The van der Waals surface area contributed by atoms with Crippen LogP contribution in [-0.4, -0.2) is 42.5 Å². The van der Waals surface area contributed by atoms with Gasteiger partial charge in [0.15, 0.2) is 12.3 Å². The molecule has 2 aromatic carbocycles. The number of hydrogen-bond acceptors (Lipinski definition) is 6. The lowest BCUT2D eigenvalue weighted by atomic mass is 10.2. The minimum atomic E-state index is -0.711. The van der Waals surface area contributed by atoms with Crippen LogP contribution in [0.1, 0.15) is 16.1 Å². The Balaban J connectivity index is 1.57. The number of likely N-dealkylation sites (N-methyl/N-ethyl adjacent to an activating group) is 1. The van der Waals surface area contributed by atoms with E-state index in [0.717, 1.165) is 5.56 Å². The van der Waals surface area contributed by atoms with E-state index < -0.39 is 24.3 Å². The molecule has 0 bridgehead atoms. The summed E-state index contributed by atoms with van der Waals surface area (Å²) in [4.78, 5) is 30.0. The number of methoxy groups -OCH3 is 1. The molecule has 0 radical (unpaired) electrons. The van der Waals surface area contributed by atoms with E-state index in [1.807, 2.05) is 12.1 Å². The Morgan fingerprint density at radius 1 is 1.20 bits per heavy atom. The van der Waals surface area contributed by atoms with E-state index in [9.17, 15) is 14.0 Å². The lowest BCUT2D eigenvalue weighted by molar-refractivity contribution is -0.133. The molecule has 1 heterocycles. The molecule has 0 saturated carbocycles. The Labute approximate surface area is 181 Å². The molecule has 0 aliphatic rings. The van der Waals surface area contributed by atoms with Gasteiger partial charge in [0.1, 0.15) is 16.6 Å². The van der Waals surface area contributed by atoms with Gasteiger partial charge in [-0.15, -0.1) is 11.3 Å². The molecule has 0 N–H and O–H groups in total. The third-order valence-electron chi connectivity index (χ3n) is 4.26. The second-order valence-corrected chi connectivity index (χ2v) is 7.56. The summed E-state index contributed by atoms with van der Waals surface area (Å²) in [6, 6.07) is 11.6. The highest BCUT2D eigenvalue weighted by atomic mass is 35.5. The summed E-state index contributed by atoms with van der Waals surface area (Å²) in [6.07, 6.45) is 0. The Morgan fingerprint density at radius 3 is 2.60 bits per heavy atom. The number of aromatic nitrogens is 1. The van der Waals surface area contributed by atoms with E-state index >= 15 is 0 Å². The molecular formula is C21H18ClFN2O4S. The van der Waals surface area contributed by atoms with Gasteiger partial charge in [0.05, 0.1) is 7.11 Å². The normalized spacial score (nSPS) is 10.5. The molecule has 0 aliphatic heterocycles. The molecule has 0 aliphatic carbocycles. The Kier molecular flexibility index (Phi) is 7.02. The van der Waals surface area contributed by atoms with Gasteiger partial charge in [-0.05, 0) is 36.4 Å². The maximum Gasteiger partial charge on any atom is 0.358 e. The zero-order chi connectivity index (χ0) is 21.7. The number of benzene rings is 2. The van der Waals surface area contributed by atoms with E-state index in [-0.39, 0.29) is 22.8 Å². The molecule has 0 unspecified atom stereocenters. The smallest absolute Gasteiger partial charge is 0.358 e. The third kappa shape index (κ3) is 5.14. The molecule has 0 spiro atoms. The van der Waals surface area contributed by atoms with Gasteiger partial charge >= 0.3 is 5.97 Å². The highest BCUT2D eigenvalue weighted by Crippen LogP contribution is 2.26. The molecule has 0 saturated heterocycles. The van der Waals surface area contributed by atoms with Crippen molar-refractivity contribution in [3.05, 3.63) is 69.9 Å². The topological polar surface area (TPSA) is 68.7 Å². The van der Waals surface area contributed by atoms with Crippen LogP contribution < -0.4 is 4.74 Å². The Bertz CT molecular complexity index is 1040. The summed E-state index contributed by atoms with van der Waals surface area (Å²) in [5, 5.41) is 2.43. The van der Waals surface area contributed by atoms with Crippen molar-refractivity contribution in [2.45, 2.75) is 6.54 Å². The average Bonchev–Trinajstić information content (AvgIpc) is 3.24. The van der Waals surface area contributed by atoms with Gasteiger partial charge in [0, 0.05) is 35.1 Å². The van der Waals surface area contributed by atoms with Gasteiger partial charge in [-0.3, -0.25) is 4.79 Å². The monoisotopic (exact) mass is 448 g/mol. The first-order valence-electron chi connectivity index (χ1n) is 8.83. The summed E-state index contributed by atoms with van der Waals surface area (Å²) in [5.41, 5.74) is 1.14. The summed E-state index contributed by atoms with van der Waals surface area (Å²) < 4.78 is 24.1. The lowest BCUT2D eigenvalue weighted by Crippen LogP contribution is -2.31. The number of esters is 1. The van der Waals surface area contributed by atoms with Gasteiger partial charge in [0.25, 0.3) is 5.91 Å². The zero-order valence-electron chi connectivity index (χ0n) is 16.2. The van der Waals surface area contributed by atoms with E-state index in [4.69, 9.17) is 21.1 Å². The number of halogens is 2. The van der Waals surface area contributed by atoms with Crippen molar-refractivity contribution >= 4 is 34.8 Å².